The molecule has 27 heavy (non-hydrogen) atoms. The predicted octanol–water partition coefficient (Wildman–Crippen LogP) is 3.15. The smallest absolute Gasteiger partial charge is 0.266 e. The number of nitrogens with one attached hydrogen (secondary N) is 3. The van der Waals surface area contributed by atoms with Crippen LogP contribution in [0.4, 0.5) is 17.1 Å². The van der Waals surface area contributed by atoms with Crippen LogP contribution in [0.2, 0.25) is 0 Å². The average Bonchev–Trinajstić information content (AvgIpc) is 2.61. The van der Waals surface area contributed by atoms with Crippen LogP contribution >= 0.6 is 0 Å². The van der Waals surface area contributed by atoms with Crippen molar-refractivity contribution in [1.29, 1.82) is 5.26 Å². The number of hydrogen-bond donors (Lipinski definition) is 3. The Bertz CT molecular complexity index is 923. The Hall–Kier alpha value is -3.92. The van der Waals surface area contributed by atoms with Crippen molar-refractivity contribution in [3.63, 3.8) is 0 Å². The highest BCUT2D eigenvalue weighted by molar-refractivity contribution is 6.09. The fourth-order valence-electron chi connectivity index (χ4n) is 2.22. The first-order chi connectivity index (χ1) is 12.9. The van der Waals surface area contributed by atoms with E-state index in [1.807, 2.05) is 6.07 Å². The van der Waals surface area contributed by atoms with Gasteiger partial charge in [-0.2, -0.15) is 5.26 Å². The number of rotatable bonds is 5. The maximum absolute atomic E-state index is 12.3. The zero-order valence-electron chi connectivity index (χ0n) is 14.9. The fraction of sp³-hybridized carbons (Fsp3) is 0.100. The molecule has 3 amide bonds. The summed E-state index contributed by atoms with van der Waals surface area (Å²) >= 11 is 0. The molecule has 2 rings (SSSR count). The maximum Gasteiger partial charge on any atom is 0.266 e. The second kappa shape index (κ2) is 8.97. The zero-order chi connectivity index (χ0) is 19.8. The third-order valence-corrected chi connectivity index (χ3v) is 3.37. The van der Waals surface area contributed by atoms with Crippen LogP contribution < -0.4 is 16.0 Å². The van der Waals surface area contributed by atoms with Crippen LogP contribution in [-0.2, 0) is 14.4 Å². The van der Waals surface area contributed by atoms with Crippen LogP contribution in [0.1, 0.15) is 19.4 Å². The van der Waals surface area contributed by atoms with Gasteiger partial charge in [-0.15, -0.1) is 0 Å². The molecule has 0 saturated carbocycles. The molecule has 0 unspecified atom stereocenters. The van der Waals surface area contributed by atoms with Crippen LogP contribution in [-0.4, -0.2) is 17.7 Å². The number of carbonyl (C=O) groups excluding carboxylic acids is 3. The first kappa shape index (κ1) is 19.4. The molecule has 0 spiro atoms. The molecular weight excluding hydrogens is 344 g/mol. The number of hydrogen-bond acceptors (Lipinski definition) is 4. The van der Waals surface area contributed by atoms with Crippen molar-refractivity contribution in [2.24, 2.45) is 0 Å². The summed E-state index contributed by atoms with van der Waals surface area (Å²) in [5.41, 5.74) is 2.32. The summed E-state index contributed by atoms with van der Waals surface area (Å²) in [7, 11) is 0. The van der Waals surface area contributed by atoms with Gasteiger partial charge in [-0.1, -0.05) is 12.1 Å². The van der Waals surface area contributed by atoms with Gasteiger partial charge in [-0.3, -0.25) is 14.4 Å². The van der Waals surface area contributed by atoms with Crippen molar-refractivity contribution in [3.8, 4) is 6.07 Å². The van der Waals surface area contributed by atoms with Crippen molar-refractivity contribution in [1.82, 2.24) is 0 Å². The summed E-state index contributed by atoms with van der Waals surface area (Å²) in [4.78, 5) is 34.3. The third-order valence-electron chi connectivity index (χ3n) is 3.37. The Balaban J connectivity index is 2.08. The quantitative estimate of drug-likeness (QED) is 0.560. The summed E-state index contributed by atoms with van der Waals surface area (Å²) in [6.45, 7) is 2.82. The Morgan fingerprint density at radius 3 is 1.59 bits per heavy atom. The van der Waals surface area contributed by atoms with Crippen LogP contribution in [0.15, 0.2) is 54.1 Å². The molecule has 0 radical (unpaired) electrons. The van der Waals surface area contributed by atoms with E-state index in [-0.39, 0.29) is 17.4 Å². The molecule has 7 heteroatoms. The van der Waals surface area contributed by atoms with Crippen molar-refractivity contribution in [2.45, 2.75) is 13.8 Å². The molecule has 0 aliphatic heterocycles. The lowest BCUT2D eigenvalue weighted by Crippen LogP contribution is -2.13. The van der Waals surface area contributed by atoms with Gasteiger partial charge in [0.15, 0.2) is 0 Å². The monoisotopic (exact) mass is 362 g/mol. The van der Waals surface area contributed by atoms with Crippen LogP contribution in [0.5, 0.6) is 0 Å². The first-order valence-electron chi connectivity index (χ1n) is 8.06. The van der Waals surface area contributed by atoms with Gasteiger partial charge in [-0.25, -0.2) is 0 Å². The Morgan fingerprint density at radius 2 is 1.19 bits per heavy atom. The van der Waals surface area contributed by atoms with E-state index in [0.29, 0.717) is 22.6 Å². The number of nitrogens with zero attached hydrogens (tertiary/aromatic N) is 1. The third kappa shape index (κ3) is 6.14. The van der Waals surface area contributed by atoms with E-state index in [0.717, 1.165) is 0 Å². The molecule has 0 aliphatic rings. The minimum absolute atomic E-state index is 0.0618. The van der Waals surface area contributed by atoms with Crippen molar-refractivity contribution < 1.29 is 14.4 Å². The van der Waals surface area contributed by atoms with E-state index >= 15 is 0 Å². The molecule has 0 heterocycles. The van der Waals surface area contributed by atoms with Crippen LogP contribution in [0, 0.1) is 11.3 Å². The zero-order valence-corrected chi connectivity index (χ0v) is 14.9. The second-order valence-corrected chi connectivity index (χ2v) is 5.69. The van der Waals surface area contributed by atoms with E-state index in [1.165, 1.54) is 19.9 Å². The van der Waals surface area contributed by atoms with Gasteiger partial charge >= 0.3 is 0 Å². The first-order valence-corrected chi connectivity index (χ1v) is 8.06. The molecule has 0 fully saturated rings. The van der Waals surface area contributed by atoms with E-state index in [4.69, 9.17) is 0 Å². The lowest BCUT2D eigenvalue weighted by atomic mass is 10.1. The van der Waals surface area contributed by atoms with Crippen molar-refractivity contribution in [3.05, 3.63) is 59.7 Å². The largest absolute Gasteiger partial charge is 0.326 e. The topological polar surface area (TPSA) is 111 Å². The minimum Gasteiger partial charge on any atom is -0.326 e. The van der Waals surface area contributed by atoms with Gasteiger partial charge in [0.2, 0.25) is 11.8 Å². The summed E-state index contributed by atoms with van der Waals surface area (Å²) in [5.74, 6) is -0.915. The Morgan fingerprint density at radius 1 is 0.778 bits per heavy atom. The van der Waals surface area contributed by atoms with E-state index < -0.39 is 5.91 Å². The number of anilines is 3. The molecule has 0 aliphatic carbocycles. The number of benzene rings is 2. The standard InChI is InChI=1S/C20H18N4O3/c1-13(25)22-17-5-3-15(4-6-17)11-16(12-21)20(27)24-19-9-7-18(8-10-19)23-14(2)26/h3-11H,1-2H3,(H,22,25)(H,23,26)(H,24,27)/b16-11+. The normalized spacial score (nSPS) is 10.5. The molecule has 136 valence electrons. The fourth-order valence-corrected chi connectivity index (χ4v) is 2.22. The maximum atomic E-state index is 12.3. The molecule has 0 atom stereocenters. The summed E-state index contributed by atoms with van der Waals surface area (Å²) in [6.07, 6.45) is 1.46. The Labute approximate surface area is 156 Å². The second-order valence-electron chi connectivity index (χ2n) is 5.69. The molecule has 7 nitrogen and oxygen atoms in total. The highest BCUT2D eigenvalue weighted by Gasteiger charge is 2.10. The predicted molar refractivity (Wildman–Crippen MR) is 104 cm³/mol. The molecule has 0 saturated heterocycles. The number of amides is 3. The van der Waals surface area contributed by atoms with Crippen molar-refractivity contribution in [2.75, 3.05) is 16.0 Å². The van der Waals surface area contributed by atoms with E-state index in [1.54, 1.807) is 48.5 Å². The van der Waals surface area contributed by atoms with E-state index in [2.05, 4.69) is 16.0 Å². The van der Waals surface area contributed by atoms with Crippen LogP contribution in [0.25, 0.3) is 6.08 Å². The number of nitriles is 1. The molecule has 0 bridgehead atoms. The lowest BCUT2D eigenvalue weighted by molar-refractivity contribution is -0.115. The van der Waals surface area contributed by atoms with Crippen LogP contribution in [0.3, 0.4) is 0 Å². The average molecular weight is 362 g/mol. The van der Waals surface area contributed by atoms with Crippen molar-refractivity contribution >= 4 is 40.9 Å². The molecule has 3 N–H and O–H groups in total. The summed E-state index contributed by atoms with van der Waals surface area (Å²) < 4.78 is 0. The minimum atomic E-state index is -0.546. The molecular formula is C20H18N4O3. The number of carbonyl (C=O) groups is 3. The summed E-state index contributed by atoms with van der Waals surface area (Å²) in [5, 5.41) is 17.2. The SMILES string of the molecule is CC(=O)Nc1ccc(/C=C(\C#N)C(=O)Nc2ccc(NC(C)=O)cc2)cc1. The van der Waals surface area contributed by atoms with Gasteiger partial charge in [0.25, 0.3) is 5.91 Å². The van der Waals surface area contributed by atoms with Gasteiger partial charge in [-0.05, 0) is 48.0 Å². The molecule has 0 aromatic heterocycles. The Kier molecular flexibility index (Phi) is 6.44. The lowest BCUT2D eigenvalue weighted by Gasteiger charge is -2.07. The van der Waals surface area contributed by atoms with E-state index in [9.17, 15) is 19.6 Å². The highest BCUT2D eigenvalue weighted by Crippen LogP contribution is 2.16. The molecule has 2 aromatic rings. The van der Waals surface area contributed by atoms with Gasteiger partial charge in [0, 0.05) is 30.9 Å². The van der Waals surface area contributed by atoms with Gasteiger partial charge < -0.3 is 16.0 Å². The van der Waals surface area contributed by atoms with Gasteiger partial charge in [0.05, 0.1) is 0 Å². The van der Waals surface area contributed by atoms with Gasteiger partial charge in [0.1, 0.15) is 11.6 Å². The highest BCUT2D eigenvalue weighted by atomic mass is 16.2. The molecule has 2 aromatic carbocycles. The summed E-state index contributed by atoms with van der Waals surface area (Å²) in [6, 6.07) is 15.2.